The van der Waals surface area contributed by atoms with Gasteiger partial charge in [-0.05, 0) is 20.3 Å². The Bertz CT molecular complexity index is 294. The zero-order valence-electron chi connectivity index (χ0n) is 8.49. The Morgan fingerprint density at radius 1 is 1.57 bits per heavy atom. The van der Waals surface area contributed by atoms with Crippen molar-refractivity contribution in [1.82, 2.24) is 15.5 Å². The lowest BCUT2D eigenvalue weighted by Crippen LogP contribution is -2.31. The van der Waals surface area contributed by atoms with E-state index < -0.39 is 0 Å². The molecule has 0 spiro atoms. The number of aromatic nitrogens is 2. The lowest BCUT2D eigenvalue weighted by atomic mass is 10.2. The number of rotatable bonds is 3. The summed E-state index contributed by atoms with van der Waals surface area (Å²) in [5, 5.41) is 7.14. The first-order chi connectivity index (χ1) is 6.75. The number of nitrogens with one attached hydrogen (secondary N) is 1. The van der Waals surface area contributed by atoms with E-state index in [2.05, 4.69) is 15.5 Å². The van der Waals surface area contributed by atoms with Crippen molar-refractivity contribution in [2.75, 3.05) is 13.2 Å². The summed E-state index contributed by atoms with van der Waals surface area (Å²) in [7, 11) is 0. The molecule has 0 radical (unpaired) electrons. The van der Waals surface area contributed by atoms with Gasteiger partial charge in [-0.1, -0.05) is 5.16 Å². The minimum Gasteiger partial charge on any atom is -0.380 e. The molecule has 2 unspecified atom stereocenters. The van der Waals surface area contributed by atoms with Crippen LogP contribution in [0, 0.1) is 6.92 Å². The summed E-state index contributed by atoms with van der Waals surface area (Å²) in [6, 6.07) is 0.514. The minimum atomic E-state index is 0.0999. The van der Waals surface area contributed by atoms with Gasteiger partial charge in [0, 0.05) is 12.6 Å². The standard InChI is InChI=1S/C9H15N3O2/c1-6(9-11-7(2)12-14-9)10-8-3-4-13-5-8/h6,8,10H,3-5H2,1-2H3. The molecule has 1 aromatic heterocycles. The highest BCUT2D eigenvalue weighted by Gasteiger charge is 2.20. The van der Waals surface area contributed by atoms with E-state index in [9.17, 15) is 0 Å². The largest absolute Gasteiger partial charge is 0.380 e. The van der Waals surface area contributed by atoms with E-state index in [1.54, 1.807) is 0 Å². The Balaban J connectivity index is 1.91. The van der Waals surface area contributed by atoms with Gasteiger partial charge in [-0.15, -0.1) is 0 Å². The van der Waals surface area contributed by atoms with Crippen LogP contribution < -0.4 is 5.32 Å². The van der Waals surface area contributed by atoms with Gasteiger partial charge in [-0.3, -0.25) is 0 Å². The summed E-state index contributed by atoms with van der Waals surface area (Å²) in [5.41, 5.74) is 0. The number of aryl methyl sites for hydroxylation is 1. The molecular weight excluding hydrogens is 182 g/mol. The Morgan fingerprint density at radius 3 is 3.00 bits per heavy atom. The van der Waals surface area contributed by atoms with Crippen molar-refractivity contribution >= 4 is 0 Å². The normalized spacial score (nSPS) is 24.0. The molecule has 1 N–H and O–H groups in total. The Morgan fingerprint density at radius 2 is 2.43 bits per heavy atom. The summed E-state index contributed by atoms with van der Waals surface area (Å²) in [4.78, 5) is 4.17. The highest BCUT2D eigenvalue weighted by atomic mass is 16.5. The molecule has 1 aromatic rings. The highest BCUT2D eigenvalue weighted by Crippen LogP contribution is 2.13. The molecule has 2 rings (SSSR count). The van der Waals surface area contributed by atoms with Crippen molar-refractivity contribution in [3.63, 3.8) is 0 Å². The monoisotopic (exact) mass is 197 g/mol. The first kappa shape index (κ1) is 9.61. The summed E-state index contributed by atoms with van der Waals surface area (Å²) >= 11 is 0. The summed E-state index contributed by atoms with van der Waals surface area (Å²) in [5.74, 6) is 1.32. The second kappa shape index (κ2) is 4.06. The molecule has 0 amide bonds. The van der Waals surface area contributed by atoms with E-state index in [1.165, 1.54) is 0 Å². The van der Waals surface area contributed by atoms with Crippen molar-refractivity contribution in [3.05, 3.63) is 11.7 Å². The average Bonchev–Trinajstić information content (AvgIpc) is 2.75. The zero-order chi connectivity index (χ0) is 9.97. The van der Waals surface area contributed by atoms with Crippen LogP contribution in [0.3, 0.4) is 0 Å². The molecule has 2 atom stereocenters. The van der Waals surface area contributed by atoms with Crippen LogP contribution in [0.5, 0.6) is 0 Å². The van der Waals surface area contributed by atoms with E-state index in [0.29, 0.717) is 17.8 Å². The first-order valence-electron chi connectivity index (χ1n) is 4.89. The molecule has 1 aliphatic heterocycles. The van der Waals surface area contributed by atoms with Crippen molar-refractivity contribution in [2.45, 2.75) is 32.4 Å². The van der Waals surface area contributed by atoms with Crippen LogP contribution in [0.1, 0.15) is 31.1 Å². The fraction of sp³-hybridized carbons (Fsp3) is 0.778. The van der Waals surface area contributed by atoms with E-state index in [1.807, 2.05) is 13.8 Å². The molecule has 14 heavy (non-hydrogen) atoms. The minimum absolute atomic E-state index is 0.0999. The van der Waals surface area contributed by atoms with Gasteiger partial charge in [0.05, 0.1) is 12.6 Å². The lowest BCUT2D eigenvalue weighted by Gasteiger charge is -2.14. The molecule has 0 bridgehead atoms. The number of hydrogen-bond acceptors (Lipinski definition) is 5. The van der Waals surface area contributed by atoms with Gasteiger partial charge in [0.2, 0.25) is 5.89 Å². The Hall–Kier alpha value is -0.940. The van der Waals surface area contributed by atoms with Crippen LogP contribution in [0.2, 0.25) is 0 Å². The molecule has 0 saturated carbocycles. The third-order valence-corrected chi connectivity index (χ3v) is 2.33. The van der Waals surface area contributed by atoms with Gasteiger partial charge in [0.1, 0.15) is 0 Å². The predicted octanol–water partition coefficient (Wildman–Crippen LogP) is 0.818. The van der Waals surface area contributed by atoms with Gasteiger partial charge in [0.25, 0.3) is 0 Å². The SMILES string of the molecule is Cc1noc(C(C)NC2CCOC2)n1. The third kappa shape index (κ3) is 2.10. The number of hydrogen-bond donors (Lipinski definition) is 1. The molecule has 0 aliphatic carbocycles. The van der Waals surface area contributed by atoms with Crippen molar-refractivity contribution in [1.29, 1.82) is 0 Å². The Labute approximate surface area is 82.8 Å². The molecule has 0 aromatic carbocycles. The lowest BCUT2D eigenvalue weighted by molar-refractivity contribution is 0.187. The summed E-state index contributed by atoms with van der Waals surface area (Å²) < 4.78 is 10.3. The van der Waals surface area contributed by atoms with E-state index in [-0.39, 0.29) is 6.04 Å². The Kier molecular flexibility index (Phi) is 2.79. The maximum Gasteiger partial charge on any atom is 0.243 e. The van der Waals surface area contributed by atoms with Gasteiger partial charge in [-0.25, -0.2) is 0 Å². The third-order valence-electron chi connectivity index (χ3n) is 2.33. The van der Waals surface area contributed by atoms with Crippen LogP contribution in [0.25, 0.3) is 0 Å². The van der Waals surface area contributed by atoms with Crippen LogP contribution in [-0.2, 0) is 4.74 Å². The molecule has 78 valence electrons. The molecule has 2 heterocycles. The summed E-state index contributed by atoms with van der Waals surface area (Å²) in [6.07, 6.45) is 1.05. The second-order valence-electron chi connectivity index (χ2n) is 3.63. The molecule has 1 aliphatic rings. The van der Waals surface area contributed by atoms with Crippen LogP contribution in [-0.4, -0.2) is 29.4 Å². The van der Waals surface area contributed by atoms with E-state index >= 15 is 0 Å². The van der Waals surface area contributed by atoms with Gasteiger partial charge in [-0.2, -0.15) is 4.98 Å². The first-order valence-corrected chi connectivity index (χ1v) is 4.89. The fourth-order valence-corrected chi connectivity index (χ4v) is 1.58. The predicted molar refractivity (Wildman–Crippen MR) is 49.8 cm³/mol. The number of nitrogens with zero attached hydrogens (tertiary/aromatic N) is 2. The van der Waals surface area contributed by atoms with Gasteiger partial charge in [0.15, 0.2) is 5.82 Å². The van der Waals surface area contributed by atoms with Crippen molar-refractivity contribution in [3.8, 4) is 0 Å². The van der Waals surface area contributed by atoms with Crippen molar-refractivity contribution < 1.29 is 9.26 Å². The van der Waals surface area contributed by atoms with Crippen molar-refractivity contribution in [2.24, 2.45) is 0 Å². The van der Waals surface area contributed by atoms with Crippen LogP contribution in [0.15, 0.2) is 4.52 Å². The summed E-state index contributed by atoms with van der Waals surface area (Å²) in [6.45, 7) is 5.45. The molecule has 5 nitrogen and oxygen atoms in total. The average molecular weight is 197 g/mol. The quantitative estimate of drug-likeness (QED) is 0.777. The molecule has 1 saturated heterocycles. The van der Waals surface area contributed by atoms with E-state index in [4.69, 9.17) is 9.26 Å². The zero-order valence-corrected chi connectivity index (χ0v) is 8.49. The molecule has 5 heteroatoms. The highest BCUT2D eigenvalue weighted by molar-refractivity contribution is 4.91. The number of ether oxygens (including phenoxy) is 1. The van der Waals surface area contributed by atoms with Crippen LogP contribution >= 0.6 is 0 Å². The smallest absolute Gasteiger partial charge is 0.243 e. The van der Waals surface area contributed by atoms with Gasteiger partial charge < -0.3 is 14.6 Å². The maximum absolute atomic E-state index is 5.27. The molecular formula is C9H15N3O2. The second-order valence-corrected chi connectivity index (χ2v) is 3.63. The van der Waals surface area contributed by atoms with E-state index in [0.717, 1.165) is 19.6 Å². The van der Waals surface area contributed by atoms with Gasteiger partial charge >= 0.3 is 0 Å². The fourth-order valence-electron chi connectivity index (χ4n) is 1.58. The topological polar surface area (TPSA) is 60.2 Å². The van der Waals surface area contributed by atoms with Crippen LogP contribution in [0.4, 0.5) is 0 Å². The molecule has 1 fully saturated rings. The maximum atomic E-state index is 5.27.